The third-order valence-electron chi connectivity index (χ3n) is 4.91. The van der Waals surface area contributed by atoms with Crippen molar-refractivity contribution in [1.29, 1.82) is 0 Å². The molecular formula is C23H16N4O. The van der Waals surface area contributed by atoms with Crippen LogP contribution in [-0.2, 0) is 6.54 Å². The monoisotopic (exact) mass is 364 g/mol. The van der Waals surface area contributed by atoms with Crippen LogP contribution in [-0.4, -0.2) is 19.5 Å². The number of hydrogen-bond acceptors (Lipinski definition) is 4. The van der Waals surface area contributed by atoms with Crippen molar-refractivity contribution < 1.29 is 0 Å². The molecule has 0 saturated carbocycles. The number of nitrogens with zero attached hydrogens (tertiary/aromatic N) is 4. The SMILES string of the molecule is O=c1c2ccncc2ncn1Cc1ccc(-c2ccc3ccncc3c2)cc1. The highest BCUT2D eigenvalue weighted by Crippen LogP contribution is 2.24. The number of rotatable bonds is 3. The Morgan fingerprint density at radius 2 is 1.57 bits per heavy atom. The molecule has 0 radical (unpaired) electrons. The highest BCUT2D eigenvalue weighted by atomic mass is 16.1. The molecule has 5 rings (SSSR count). The van der Waals surface area contributed by atoms with Crippen molar-refractivity contribution in [2.75, 3.05) is 0 Å². The number of fused-ring (bicyclic) bond motifs is 2. The van der Waals surface area contributed by atoms with E-state index in [9.17, 15) is 4.79 Å². The fourth-order valence-electron chi connectivity index (χ4n) is 3.39. The van der Waals surface area contributed by atoms with Crippen molar-refractivity contribution in [1.82, 2.24) is 19.5 Å². The molecule has 3 aromatic heterocycles. The first-order valence-electron chi connectivity index (χ1n) is 9.00. The van der Waals surface area contributed by atoms with Crippen molar-refractivity contribution in [2.45, 2.75) is 6.54 Å². The predicted molar refractivity (Wildman–Crippen MR) is 110 cm³/mol. The van der Waals surface area contributed by atoms with Gasteiger partial charge in [0.2, 0.25) is 0 Å². The van der Waals surface area contributed by atoms with Gasteiger partial charge in [0.05, 0.1) is 30.0 Å². The molecule has 0 N–H and O–H groups in total. The minimum absolute atomic E-state index is 0.0569. The van der Waals surface area contributed by atoms with Gasteiger partial charge >= 0.3 is 0 Å². The normalized spacial score (nSPS) is 11.1. The maximum Gasteiger partial charge on any atom is 0.261 e. The molecule has 0 fully saturated rings. The molecule has 28 heavy (non-hydrogen) atoms. The smallest absolute Gasteiger partial charge is 0.261 e. The zero-order valence-electron chi connectivity index (χ0n) is 15.0. The van der Waals surface area contributed by atoms with E-state index >= 15 is 0 Å². The van der Waals surface area contributed by atoms with Gasteiger partial charge in [-0.3, -0.25) is 19.3 Å². The van der Waals surface area contributed by atoms with E-state index in [1.165, 1.54) is 5.39 Å². The summed E-state index contributed by atoms with van der Waals surface area (Å²) in [4.78, 5) is 25.2. The zero-order chi connectivity index (χ0) is 18.9. The van der Waals surface area contributed by atoms with Crippen LogP contribution in [0.5, 0.6) is 0 Å². The topological polar surface area (TPSA) is 60.7 Å². The molecule has 2 aromatic carbocycles. The van der Waals surface area contributed by atoms with Crippen molar-refractivity contribution >= 4 is 21.7 Å². The molecule has 0 aliphatic heterocycles. The summed E-state index contributed by atoms with van der Waals surface area (Å²) >= 11 is 0. The first-order valence-corrected chi connectivity index (χ1v) is 9.00. The molecule has 3 heterocycles. The summed E-state index contributed by atoms with van der Waals surface area (Å²) in [6.07, 6.45) is 8.48. The zero-order valence-corrected chi connectivity index (χ0v) is 15.0. The van der Waals surface area contributed by atoms with Crippen LogP contribution >= 0.6 is 0 Å². The summed E-state index contributed by atoms with van der Waals surface area (Å²) < 4.78 is 1.62. The second-order valence-corrected chi connectivity index (χ2v) is 6.70. The molecule has 5 nitrogen and oxygen atoms in total. The highest BCUT2D eigenvalue weighted by molar-refractivity contribution is 5.86. The fraction of sp³-hybridized carbons (Fsp3) is 0.0435. The second kappa shape index (κ2) is 6.70. The number of benzene rings is 2. The molecule has 0 bridgehead atoms. The lowest BCUT2D eigenvalue weighted by molar-refractivity contribution is 0.748. The van der Waals surface area contributed by atoms with E-state index in [2.05, 4.69) is 45.3 Å². The van der Waals surface area contributed by atoms with Gasteiger partial charge in [-0.15, -0.1) is 0 Å². The molecule has 0 aliphatic rings. The lowest BCUT2D eigenvalue weighted by Gasteiger charge is -2.08. The summed E-state index contributed by atoms with van der Waals surface area (Å²) in [5, 5.41) is 2.87. The van der Waals surface area contributed by atoms with Crippen molar-refractivity contribution in [3.63, 3.8) is 0 Å². The van der Waals surface area contributed by atoms with Gasteiger partial charge in [-0.25, -0.2) is 4.98 Å². The van der Waals surface area contributed by atoms with Gasteiger partial charge in [0.1, 0.15) is 0 Å². The van der Waals surface area contributed by atoms with Gasteiger partial charge in [-0.05, 0) is 40.3 Å². The molecular weight excluding hydrogens is 348 g/mol. The van der Waals surface area contributed by atoms with Gasteiger partial charge in [-0.1, -0.05) is 36.4 Å². The third-order valence-corrected chi connectivity index (χ3v) is 4.91. The Balaban J connectivity index is 1.45. The van der Waals surface area contributed by atoms with Crippen LogP contribution in [0, 0.1) is 0 Å². The highest BCUT2D eigenvalue weighted by Gasteiger charge is 2.05. The molecule has 5 aromatic rings. The first kappa shape index (κ1) is 16.3. The van der Waals surface area contributed by atoms with Gasteiger partial charge in [0, 0.05) is 24.0 Å². The quantitative estimate of drug-likeness (QED) is 0.484. The Kier molecular flexibility index (Phi) is 3.91. The van der Waals surface area contributed by atoms with Crippen LogP contribution in [0.25, 0.3) is 32.8 Å². The van der Waals surface area contributed by atoms with Gasteiger partial charge in [-0.2, -0.15) is 0 Å². The van der Waals surface area contributed by atoms with Crippen molar-refractivity contribution in [2.24, 2.45) is 0 Å². The first-order chi connectivity index (χ1) is 13.8. The molecule has 134 valence electrons. The molecule has 0 aliphatic carbocycles. The largest absolute Gasteiger partial charge is 0.294 e. The van der Waals surface area contributed by atoms with Crippen LogP contribution in [0.3, 0.4) is 0 Å². The van der Waals surface area contributed by atoms with Crippen LogP contribution in [0.4, 0.5) is 0 Å². The summed E-state index contributed by atoms with van der Waals surface area (Å²) in [5.41, 5.74) is 3.88. The lowest BCUT2D eigenvalue weighted by atomic mass is 10.0. The average molecular weight is 364 g/mol. The van der Waals surface area contributed by atoms with E-state index in [0.29, 0.717) is 17.4 Å². The summed E-state index contributed by atoms with van der Waals surface area (Å²) in [6.45, 7) is 0.478. The van der Waals surface area contributed by atoms with Crippen LogP contribution in [0.15, 0.2) is 90.5 Å². The minimum atomic E-state index is -0.0569. The molecule has 0 amide bonds. The molecule has 0 saturated heterocycles. The standard InChI is InChI=1S/C23H16N4O/c28-23-21-8-10-25-13-22(21)26-15-27(23)14-16-1-3-17(4-2-16)19-6-5-18-7-9-24-12-20(18)11-19/h1-13,15H,14H2. The summed E-state index contributed by atoms with van der Waals surface area (Å²) in [7, 11) is 0. The van der Waals surface area contributed by atoms with E-state index in [1.807, 2.05) is 24.4 Å². The number of aromatic nitrogens is 4. The number of hydrogen-bond donors (Lipinski definition) is 0. The van der Waals surface area contributed by atoms with E-state index in [-0.39, 0.29) is 5.56 Å². The molecule has 0 spiro atoms. The van der Waals surface area contributed by atoms with E-state index in [4.69, 9.17) is 0 Å². The Labute approximate surface area is 161 Å². The second-order valence-electron chi connectivity index (χ2n) is 6.70. The Hall–Kier alpha value is -3.86. The molecule has 0 unspecified atom stereocenters. The van der Waals surface area contributed by atoms with Crippen molar-refractivity contribution in [3.8, 4) is 11.1 Å². The Morgan fingerprint density at radius 1 is 0.786 bits per heavy atom. The van der Waals surface area contributed by atoms with Crippen LogP contribution in [0.1, 0.15) is 5.56 Å². The van der Waals surface area contributed by atoms with Crippen molar-refractivity contribution in [3.05, 3.63) is 102 Å². The minimum Gasteiger partial charge on any atom is -0.294 e. The maximum absolute atomic E-state index is 12.6. The Morgan fingerprint density at radius 3 is 2.46 bits per heavy atom. The van der Waals surface area contributed by atoms with Gasteiger partial charge in [0.15, 0.2) is 0 Å². The molecule has 5 heteroatoms. The molecule has 0 atom stereocenters. The van der Waals surface area contributed by atoms with E-state index in [0.717, 1.165) is 22.1 Å². The van der Waals surface area contributed by atoms with Gasteiger partial charge in [0.25, 0.3) is 5.56 Å². The van der Waals surface area contributed by atoms with Crippen LogP contribution < -0.4 is 5.56 Å². The predicted octanol–water partition coefficient (Wildman–Crippen LogP) is 4.06. The number of pyridine rings is 2. The Bertz CT molecular complexity index is 1360. The van der Waals surface area contributed by atoms with Crippen LogP contribution in [0.2, 0.25) is 0 Å². The van der Waals surface area contributed by atoms with E-state index < -0.39 is 0 Å². The average Bonchev–Trinajstić information content (AvgIpc) is 2.76. The summed E-state index contributed by atoms with van der Waals surface area (Å²) in [5.74, 6) is 0. The summed E-state index contributed by atoms with van der Waals surface area (Å²) in [6, 6.07) is 18.3. The van der Waals surface area contributed by atoms with Gasteiger partial charge < -0.3 is 0 Å². The van der Waals surface area contributed by atoms with E-state index in [1.54, 1.807) is 35.6 Å². The third kappa shape index (κ3) is 2.93. The fourth-order valence-corrected chi connectivity index (χ4v) is 3.39. The maximum atomic E-state index is 12.6. The lowest BCUT2D eigenvalue weighted by Crippen LogP contribution is -2.21.